The van der Waals surface area contributed by atoms with Crippen molar-refractivity contribution in [2.24, 2.45) is 0 Å². The Labute approximate surface area is 154 Å². The van der Waals surface area contributed by atoms with Gasteiger partial charge in [0.25, 0.3) is 0 Å². The lowest BCUT2D eigenvalue weighted by Crippen LogP contribution is -2.29. The molecule has 0 N–H and O–H groups in total. The van der Waals surface area contributed by atoms with Gasteiger partial charge in [0.15, 0.2) is 4.77 Å². The van der Waals surface area contributed by atoms with E-state index in [-0.39, 0.29) is 0 Å². The minimum Gasteiger partial charge on any atom is -0.497 e. The predicted octanol–water partition coefficient (Wildman–Crippen LogP) is 3.77. The van der Waals surface area contributed by atoms with Gasteiger partial charge in [-0.15, -0.1) is 0 Å². The van der Waals surface area contributed by atoms with Crippen LogP contribution in [0.15, 0.2) is 24.3 Å². The van der Waals surface area contributed by atoms with Crippen molar-refractivity contribution in [1.82, 2.24) is 19.2 Å². The monoisotopic (exact) mass is 358 g/mol. The smallest absolute Gasteiger partial charge is 0.199 e. The SMILES string of the molecule is COc1ccc(CN(Cn2nc3n(c2=S)CCCCC3)C2CC2)cc1. The van der Waals surface area contributed by atoms with Gasteiger partial charge < -0.3 is 9.30 Å². The second-order valence-electron chi connectivity index (χ2n) is 7.13. The first kappa shape index (κ1) is 16.8. The number of hydrogen-bond donors (Lipinski definition) is 0. The number of benzene rings is 1. The Hall–Kier alpha value is -1.66. The molecule has 134 valence electrons. The predicted molar refractivity (Wildman–Crippen MR) is 100 cm³/mol. The molecular formula is C19H26N4OS. The highest BCUT2D eigenvalue weighted by molar-refractivity contribution is 7.71. The molecule has 1 aliphatic carbocycles. The number of methoxy groups -OCH3 is 1. The van der Waals surface area contributed by atoms with Crippen LogP contribution in [0.4, 0.5) is 0 Å². The topological polar surface area (TPSA) is 35.2 Å². The maximum atomic E-state index is 5.72. The van der Waals surface area contributed by atoms with Crippen LogP contribution >= 0.6 is 12.2 Å². The number of nitrogens with zero attached hydrogens (tertiary/aromatic N) is 4. The van der Waals surface area contributed by atoms with E-state index in [1.807, 2.05) is 16.8 Å². The molecule has 1 saturated carbocycles. The Morgan fingerprint density at radius 2 is 2.00 bits per heavy atom. The van der Waals surface area contributed by atoms with Gasteiger partial charge in [-0.05, 0) is 55.6 Å². The molecule has 4 rings (SSSR count). The van der Waals surface area contributed by atoms with Gasteiger partial charge in [0, 0.05) is 25.6 Å². The average Bonchev–Trinajstić information content (AvgIpc) is 3.45. The van der Waals surface area contributed by atoms with Crippen LogP contribution in [0.2, 0.25) is 0 Å². The molecule has 1 fully saturated rings. The molecule has 0 atom stereocenters. The fourth-order valence-corrected chi connectivity index (χ4v) is 3.88. The zero-order chi connectivity index (χ0) is 17.2. The summed E-state index contributed by atoms with van der Waals surface area (Å²) >= 11 is 5.72. The Morgan fingerprint density at radius 1 is 1.20 bits per heavy atom. The number of rotatable bonds is 6. The first-order valence-electron chi connectivity index (χ1n) is 9.28. The highest BCUT2D eigenvalue weighted by Gasteiger charge is 2.30. The van der Waals surface area contributed by atoms with Crippen LogP contribution in [-0.2, 0) is 26.2 Å². The second-order valence-corrected chi connectivity index (χ2v) is 7.49. The summed E-state index contributed by atoms with van der Waals surface area (Å²) in [7, 11) is 1.70. The highest BCUT2D eigenvalue weighted by Crippen LogP contribution is 2.29. The van der Waals surface area contributed by atoms with Gasteiger partial charge in [0.2, 0.25) is 0 Å². The first-order chi connectivity index (χ1) is 12.2. The summed E-state index contributed by atoms with van der Waals surface area (Å²) in [5, 5.41) is 4.84. The molecule has 2 aromatic rings. The van der Waals surface area contributed by atoms with Crippen LogP contribution in [0.25, 0.3) is 0 Å². The van der Waals surface area contributed by atoms with E-state index in [0.29, 0.717) is 6.04 Å². The molecule has 0 amide bonds. The fourth-order valence-electron chi connectivity index (χ4n) is 3.59. The van der Waals surface area contributed by atoms with E-state index < -0.39 is 0 Å². The summed E-state index contributed by atoms with van der Waals surface area (Å²) in [5.74, 6) is 2.07. The first-order valence-corrected chi connectivity index (χ1v) is 9.69. The molecule has 2 aliphatic rings. The van der Waals surface area contributed by atoms with Crippen LogP contribution < -0.4 is 4.74 Å². The van der Waals surface area contributed by atoms with Crippen LogP contribution in [0.3, 0.4) is 0 Å². The standard InChI is InChI=1S/C19H26N4OS/c1-24-17-10-6-15(7-11-17)13-21(16-8-9-16)14-23-19(25)22-12-4-2-3-5-18(22)20-23/h6-7,10-11,16H,2-5,8-9,12-14H2,1H3. The number of ether oxygens (including phenoxy) is 1. The van der Waals surface area contributed by atoms with Crippen molar-refractivity contribution in [2.45, 2.75) is 64.3 Å². The lowest BCUT2D eigenvalue weighted by molar-refractivity contribution is 0.186. The minimum absolute atomic E-state index is 0.658. The van der Waals surface area contributed by atoms with Crippen molar-refractivity contribution < 1.29 is 4.74 Å². The Kier molecular flexibility index (Phi) is 4.90. The van der Waals surface area contributed by atoms with Gasteiger partial charge >= 0.3 is 0 Å². The minimum atomic E-state index is 0.658. The zero-order valence-corrected chi connectivity index (χ0v) is 15.7. The molecule has 1 aromatic heterocycles. The summed E-state index contributed by atoms with van der Waals surface area (Å²) < 4.78 is 10.4. The quantitative estimate of drug-likeness (QED) is 0.737. The van der Waals surface area contributed by atoms with Crippen LogP contribution in [0, 0.1) is 4.77 Å². The lowest BCUT2D eigenvalue weighted by atomic mass is 10.2. The summed E-state index contributed by atoms with van der Waals surface area (Å²) in [4.78, 5) is 2.50. The Balaban J connectivity index is 1.51. The fraction of sp³-hybridized carbons (Fsp3) is 0.579. The molecule has 0 spiro atoms. The molecule has 1 aliphatic heterocycles. The summed E-state index contributed by atoms with van der Waals surface area (Å²) in [6.45, 7) is 2.74. The second kappa shape index (κ2) is 7.30. The van der Waals surface area contributed by atoms with E-state index in [4.69, 9.17) is 22.1 Å². The number of fused-ring (bicyclic) bond motifs is 1. The van der Waals surface area contributed by atoms with E-state index in [0.717, 1.165) is 36.7 Å². The summed E-state index contributed by atoms with van der Waals surface area (Å²) in [5.41, 5.74) is 1.31. The van der Waals surface area contributed by atoms with Crippen molar-refractivity contribution >= 4 is 12.2 Å². The third-order valence-corrected chi connectivity index (χ3v) is 5.64. The van der Waals surface area contributed by atoms with Crippen molar-refractivity contribution in [1.29, 1.82) is 0 Å². The van der Waals surface area contributed by atoms with Crippen molar-refractivity contribution in [3.63, 3.8) is 0 Å². The normalized spacial score (nSPS) is 17.4. The molecule has 2 heterocycles. The van der Waals surface area contributed by atoms with E-state index >= 15 is 0 Å². The largest absolute Gasteiger partial charge is 0.497 e. The summed E-state index contributed by atoms with van der Waals surface area (Å²) in [6, 6.07) is 9.02. The third-order valence-electron chi connectivity index (χ3n) is 5.21. The Morgan fingerprint density at radius 3 is 2.72 bits per heavy atom. The van der Waals surface area contributed by atoms with Gasteiger partial charge in [-0.2, -0.15) is 5.10 Å². The molecule has 0 radical (unpaired) electrons. The number of hydrogen-bond acceptors (Lipinski definition) is 4. The van der Waals surface area contributed by atoms with E-state index in [9.17, 15) is 0 Å². The number of aryl methyl sites for hydroxylation is 1. The van der Waals surface area contributed by atoms with Crippen molar-refractivity contribution in [3.8, 4) is 5.75 Å². The maximum Gasteiger partial charge on any atom is 0.199 e. The van der Waals surface area contributed by atoms with Gasteiger partial charge in [-0.25, -0.2) is 4.68 Å². The van der Waals surface area contributed by atoms with Crippen LogP contribution in [0.5, 0.6) is 5.75 Å². The van der Waals surface area contributed by atoms with Crippen LogP contribution in [0.1, 0.15) is 43.5 Å². The van der Waals surface area contributed by atoms with Gasteiger partial charge in [0.05, 0.1) is 13.8 Å². The van der Waals surface area contributed by atoms with Gasteiger partial charge in [-0.3, -0.25) is 4.90 Å². The summed E-state index contributed by atoms with van der Waals surface area (Å²) in [6.07, 6.45) is 7.32. The van der Waals surface area contributed by atoms with Gasteiger partial charge in [0.1, 0.15) is 11.6 Å². The molecule has 25 heavy (non-hydrogen) atoms. The van der Waals surface area contributed by atoms with E-state index in [1.54, 1.807) is 7.11 Å². The number of aromatic nitrogens is 3. The molecular weight excluding hydrogens is 332 g/mol. The molecule has 0 unspecified atom stereocenters. The Bertz CT molecular complexity index is 776. The molecule has 0 saturated heterocycles. The molecule has 6 heteroatoms. The molecule has 5 nitrogen and oxygen atoms in total. The average molecular weight is 359 g/mol. The maximum absolute atomic E-state index is 5.72. The van der Waals surface area contributed by atoms with E-state index in [2.05, 4.69) is 21.6 Å². The molecule has 0 bridgehead atoms. The lowest BCUT2D eigenvalue weighted by Gasteiger charge is -2.22. The van der Waals surface area contributed by atoms with Crippen LogP contribution in [-0.4, -0.2) is 32.4 Å². The van der Waals surface area contributed by atoms with Crippen molar-refractivity contribution in [2.75, 3.05) is 7.11 Å². The van der Waals surface area contributed by atoms with E-state index in [1.165, 1.54) is 43.5 Å². The highest BCUT2D eigenvalue weighted by atomic mass is 32.1. The molecule has 1 aromatic carbocycles. The zero-order valence-electron chi connectivity index (χ0n) is 14.9. The van der Waals surface area contributed by atoms with Gasteiger partial charge in [-0.1, -0.05) is 18.6 Å². The van der Waals surface area contributed by atoms with Crippen molar-refractivity contribution in [3.05, 3.63) is 40.4 Å². The third kappa shape index (κ3) is 3.80.